The molecule has 3 aromatic heterocycles. The number of benzene rings is 2. The van der Waals surface area contributed by atoms with E-state index in [1.165, 1.54) is 29.2 Å². The highest BCUT2D eigenvalue weighted by molar-refractivity contribution is 7.99. The van der Waals surface area contributed by atoms with Gasteiger partial charge in [-0.2, -0.15) is 14.8 Å². The summed E-state index contributed by atoms with van der Waals surface area (Å²) in [4.78, 5) is 20.2. The monoisotopic (exact) mass is 464 g/mol. The number of hydrogen-bond donors (Lipinski definition) is 0. The third-order valence-electron chi connectivity index (χ3n) is 4.42. The predicted molar refractivity (Wildman–Crippen MR) is 124 cm³/mol. The molecular formula is C23H17FN4O2S2. The van der Waals surface area contributed by atoms with Crippen molar-refractivity contribution in [2.45, 2.75) is 17.3 Å². The molecule has 0 fully saturated rings. The van der Waals surface area contributed by atoms with E-state index in [-0.39, 0.29) is 19.1 Å². The summed E-state index contributed by atoms with van der Waals surface area (Å²) in [6.45, 7) is 0.330. The summed E-state index contributed by atoms with van der Waals surface area (Å²) >= 11 is 2.51. The fourth-order valence-corrected chi connectivity index (χ4v) is 4.56. The first-order chi connectivity index (χ1) is 15.2. The van der Waals surface area contributed by atoms with Crippen LogP contribution in [0.25, 0.3) is 27.4 Å². The van der Waals surface area contributed by atoms with Crippen molar-refractivity contribution >= 4 is 40.6 Å². The van der Waals surface area contributed by atoms with E-state index in [1.54, 1.807) is 28.3 Å². The van der Waals surface area contributed by atoms with Gasteiger partial charge in [0.05, 0.1) is 5.38 Å². The summed E-state index contributed by atoms with van der Waals surface area (Å²) in [6.07, 6.45) is 0. The lowest BCUT2D eigenvalue weighted by molar-refractivity contribution is -0.120. The lowest BCUT2D eigenvalue weighted by Gasteiger charge is -2.03. The van der Waals surface area contributed by atoms with Gasteiger partial charge in [-0.15, -0.1) is 0 Å². The summed E-state index contributed by atoms with van der Waals surface area (Å²) in [7, 11) is 0. The van der Waals surface area contributed by atoms with E-state index in [9.17, 15) is 9.18 Å². The summed E-state index contributed by atoms with van der Waals surface area (Å²) in [5.74, 6) is -0.111. The summed E-state index contributed by atoms with van der Waals surface area (Å²) in [6, 6.07) is 20.1. The van der Waals surface area contributed by atoms with Gasteiger partial charge in [0.25, 0.3) is 6.47 Å². The molecule has 32 heavy (non-hydrogen) atoms. The zero-order valence-electron chi connectivity index (χ0n) is 15.8. The summed E-state index contributed by atoms with van der Waals surface area (Å²) in [5.41, 5.74) is 2.26. The average molecular weight is 465 g/mol. The smallest absolute Gasteiger partial charge is 0.299 e. The Bertz CT molecular complexity index is 1390. The van der Waals surface area contributed by atoms with Crippen LogP contribution in [0, 0.1) is 5.82 Å². The Kier molecular flexibility index (Phi) is 6.29. The number of fused-ring (bicyclic) bond motifs is 1. The maximum absolute atomic E-state index is 14.1. The van der Waals surface area contributed by atoms with Crippen molar-refractivity contribution in [1.29, 1.82) is 0 Å². The number of rotatable bonds is 6. The Labute approximate surface area is 191 Å². The van der Waals surface area contributed by atoms with Crippen LogP contribution in [-0.4, -0.2) is 26.2 Å². The average Bonchev–Trinajstić information content (AvgIpc) is 3.41. The SMILES string of the molecule is C.O=COc1csc(-n2nc(-c3ccccc3)c3ccc(Sc4ccccc4F)nc32)n1. The molecular weight excluding hydrogens is 447 g/mol. The first-order valence-electron chi connectivity index (χ1n) is 9.17. The fraction of sp³-hybridized carbons (Fsp3) is 0.0435. The zero-order valence-corrected chi connectivity index (χ0v) is 17.4. The van der Waals surface area contributed by atoms with Crippen molar-refractivity contribution in [2.75, 3.05) is 0 Å². The van der Waals surface area contributed by atoms with Crippen molar-refractivity contribution in [3.63, 3.8) is 0 Å². The van der Waals surface area contributed by atoms with Gasteiger partial charge in [0.15, 0.2) is 5.65 Å². The topological polar surface area (TPSA) is 69.9 Å². The van der Waals surface area contributed by atoms with Crippen LogP contribution in [0.1, 0.15) is 7.43 Å². The predicted octanol–water partition coefficient (Wildman–Crippen LogP) is 6.01. The molecule has 0 bridgehead atoms. The fourth-order valence-electron chi connectivity index (χ4n) is 3.07. The molecule has 0 saturated heterocycles. The van der Waals surface area contributed by atoms with Crippen molar-refractivity contribution in [3.8, 4) is 22.3 Å². The van der Waals surface area contributed by atoms with Crippen LogP contribution in [0.4, 0.5) is 4.39 Å². The molecule has 0 spiro atoms. The van der Waals surface area contributed by atoms with Crippen LogP contribution in [0.2, 0.25) is 0 Å². The molecule has 6 nitrogen and oxygen atoms in total. The van der Waals surface area contributed by atoms with Gasteiger partial charge >= 0.3 is 0 Å². The highest BCUT2D eigenvalue weighted by atomic mass is 32.2. The molecule has 0 amide bonds. The van der Waals surface area contributed by atoms with Crippen LogP contribution in [0.15, 0.2) is 82.0 Å². The second kappa shape index (κ2) is 9.29. The number of aromatic nitrogens is 4. The third kappa shape index (κ3) is 4.12. The lowest BCUT2D eigenvalue weighted by Crippen LogP contribution is -1.98. The van der Waals surface area contributed by atoms with Crippen LogP contribution in [0.5, 0.6) is 5.88 Å². The van der Waals surface area contributed by atoms with E-state index in [2.05, 4.69) is 4.98 Å². The van der Waals surface area contributed by atoms with Crippen molar-refractivity contribution in [1.82, 2.24) is 19.7 Å². The number of carbonyl (C=O) groups is 1. The minimum Gasteiger partial charge on any atom is -0.409 e. The molecule has 0 aliphatic carbocycles. The number of ether oxygens (including phenoxy) is 1. The van der Waals surface area contributed by atoms with Gasteiger partial charge in [-0.25, -0.2) is 9.37 Å². The van der Waals surface area contributed by atoms with E-state index < -0.39 is 0 Å². The molecule has 5 rings (SSSR count). The molecule has 0 saturated carbocycles. The molecule has 9 heteroatoms. The first kappa shape index (κ1) is 21.7. The molecule has 0 aliphatic heterocycles. The Morgan fingerprint density at radius 2 is 1.78 bits per heavy atom. The van der Waals surface area contributed by atoms with Crippen LogP contribution < -0.4 is 4.74 Å². The molecule has 5 aromatic rings. The normalized spacial score (nSPS) is 10.7. The minimum atomic E-state index is -0.302. The molecule has 0 N–H and O–H groups in total. The van der Waals surface area contributed by atoms with Gasteiger partial charge in [-0.1, -0.05) is 73.0 Å². The molecule has 0 atom stereocenters. The van der Waals surface area contributed by atoms with Gasteiger partial charge in [0.1, 0.15) is 16.5 Å². The number of thiazole rings is 1. The largest absolute Gasteiger partial charge is 0.409 e. The highest BCUT2D eigenvalue weighted by Crippen LogP contribution is 2.34. The maximum atomic E-state index is 14.1. The number of pyridine rings is 1. The third-order valence-corrected chi connectivity index (χ3v) is 6.21. The lowest BCUT2D eigenvalue weighted by atomic mass is 10.1. The number of halogens is 1. The van der Waals surface area contributed by atoms with E-state index in [0.29, 0.717) is 27.2 Å². The molecule has 2 aromatic carbocycles. The van der Waals surface area contributed by atoms with Gasteiger partial charge in [0, 0.05) is 15.8 Å². The molecule has 3 heterocycles. The number of hydrogen-bond acceptors (Lipinski definition) is 7. The molecule has 0 radical (unpaired) electrons. The maximum Gasteiger partial charge on any atom is 0.299 e. The number of nitrogens with zero attached hydrogens (tertiary/aromatic N) is 4. The van der Waals surface area contributed by atoms with Gasteiger partial charge < -0.3 is 4.74 Å². The second-order valence-corrected chi connectivity index (χ2v) is 8.26. The Morgan fingerprint density at radius 1 is 1.00 bits per heavy atom. The summed E-state index contributed by atoms with van der Waals surface area (Å²) in [5, 5.41) is 8.33. The van der Waals surface area contributed by atoms with E-state index in [1.807, 2.05) is 42.5 Å². The van der Waals surface area contributed by atoms with Crippen LogP contribution >= 0.6 is 23.1 Å². The van der Waals surface area contributed by atoms with Crippen LogP contribution in [0.3, 0.4) is 0 Å². The van der Waals surface area contributed by atoms with Gasteiger partial charge in [-0.05, 0) is 24.3 Å². The van der Waals surface area contributed by atoms with E-state index in [0.717, 1.165) is 16.6 Å². The van der Waals surface area contributed by atoms with Crippen molar-refractivity contribution < 1.29 is 13.9 Å². The van der Waals surface area contributed by atoms with Gasteiger partial charge in [-0.3, -0.25) is 4.79 Å². The Hall–Kier alpha value is -3.56. The first-order valence-corrected chi connectivity index (χ1v) is 10.9. The van der Waals surface area contributed by atoms with Crippen LogP contribution in [-0.2, 0) is 4.79 Å². The van der Waals surface area contributed by atoms with Crippen molar-refractivity contribution in [2.24, 2.45) is 0 Å². The Morgan fingerprint density at radius 3 is 2.56 bits per heavy atom. The van der Waals surface area contributed by atoms with E-state index in [4.69, 9.17) is 14.8 Å². The van der Waals surface area contributed by atoms with E-state index >= 15 is 0 Å². The highest BCUT2D eigenvalue weighted by Gasteiger charge is 2.18. The molecule has 0 unspecified atom stereocenters. The van der Waals surface area contributed by atoms with Crippen molar-refractivity contribution in [3.05, 3.63) is 77.9 Å². The summed E-state index contributed by atoms with van der Waals surface area (Å²) < 4.78 is 20.6. The standard InChI is InChI=1S/C22H13FN4O2S2.CH4/c23-16-8-4-5-9-17(16)31-19-11-10-15-20(14-6-2-1-3-7-14)26-27(21(15)25-19)22-24-18(12-30-22)29-13-28;/h1-13H;1H4. The minimum absolute atomic E-state index is 0. The Balaban J connectivity index is 0.00000245. The van der Waals surface area contributed by atoms with Gasteiger partial charge in [0.2, 0.25) is 11.0 Å². The quantitative estimate of drug-likeness (QED) is 0.287. The molecule has 160 valence electrons. The number of carbonyl (C=O) groups excluding carboxylic acids is 1. The molecule has 0 aliphatic rings. The zero-order chi connectivity index (χ0) is 21.2. The second-order valence-electron chi connectivity index (χ2n) is 6.36.